The second-order valence-electron chi connectivity index (χ2n) is 5.55. The predicted molar refractivity (Wildman–Crippen MR) is 121 cm³/mol. The van der Waals surface area contributed by atoms with Crippen molar-refractivity contribution in [3.05, 3.63) is 63.8 Å². The van der Waals surface area contributed by atoms with Crippen molar-refractivity contribution >= 4 is 81.2 Å². The van der Waals surface area contributed by atoms with Gasteiger partial charge in [0.05, 0.1) is 26.8 Å². The van der Waals surface area contributed by atoms with Crippen LogP contribution in [0.3, 0.4) is 0 Å². The zero-order valence-electron chi connectivity index (χ0n) is 14.5. The van der Waals surface area contributed by atoms with Crippen molar-refractivity contribution in [2.24, 2.45) is 0 Å². The SMILES string of the molecule is CSc1nnc(Sc2nc3cc(Cl)c(Cl)cc3nc2/C=C/c2ccccc2)s1. The Balaban J connectivity index is 1.79. The van der Waals surface area contributed by atoms with E-state index in [2.05, 4.69) is 10.2 Å². The van der Waals surface area contributed by atoms with Crippen molar-refractivity contribution in [2.45, 2.75) is 13.7 Å². The third kappa shape index (κ3) is 4.50. The number of benzene rings is 2. The molecule has 0 radical (unpaired) electrons. The van der Waals surface area contributed by atoms with Crippen molar-refractivity contribution in [2.75, 3.05) is 6.26 Å². The standard InChI is InChI=1S/C19H12Cl2N4S3/c1-26-18-24-25-19(28-18)27-17-14(8-7-11-5-3-2-4-6-11)22-15-9-12(20)13(21)10-16(15)23-17/h2-10H,1H3/b8-7+. The number of fused-ring (bicyclic) bond motifs is 1. The molecule has 0 spiro atoms. The Morgan fingerprint density at radius 1 is 0.893 bits per heavy atom. The number of halogens is 2. The van der Waals surface area contributed by atoms with Crippen LogP contribution in [0.25, 0.3) is 23.2 Å². The highest BCUT2D eigenvalue weighted by Gasteiger charge is 2.13. The van der Waals surface area contributed by atoms with Gasteiger partial charge in [0, 0.05) is 0 Å². The van der Waals surface area contributed by atoms with E-state index >= 15 is 0 Å². The summed E-state index contributed by atoms with van der Waals surface area (Å²) in [4.78, 5) is 9.51. The lowest BCUT2D eigenvalue weighted by molar-refractivity contribution is 0.953. The molecule has 4 aromatic rings. The molecule has 0 bridgehead atoms. The molecule has 0 aliphatic carbocycles. The Morgan fingerprint density at radius 2 is 1.57 bits per heavy atom. The lowest BCUT2D eigenvalue weighted by atomic mass is 10.2. The van der Waals surface area contributed by atoms with Crippen LogP contribution in [0.1, 0.15) is 11.3 Å². The second-order valence-corrected chi connectivity index (χ2v) is 9.63. The minimum Gasteiger partial charge on any atom is -0.244 e. The van der Waals surface area contributed by atoms with Crippen LogP contribution in [-0.2, 0) is 0 Å². The fraction of sp³-hybridized carbons (Fsp3) is 0.0526. The zero-order chi connectivity index (χ0) is 19.5. The van der Waals surface area contributed by atoms with E-state index < -0.39 is 0 Å². The molecular formula is C19H12Cl2N4S3. The quantitative estimate of drug-likeness (QED) is 0.302. The molecule has 0 saturated heterocycles. The lowest BCUT2D eigenvalue weighted by Crippen LogP contribution is -1.93. The molecule has 0 aliphatic heterocycles. The van der Waals surface area contributed by atoms with E-state index in [0.29, 0.717) is 21.1 Å². The van der Waals surface area contributed by atoms with Crippen molar-refractivity contribution in [1.29, 1.82) is 0 Å². The van der Waals surface area contributed by atoms with Gasteiger partial charge in [0.15, 0.2) is 8.68 Å². The molecule has 0 saturated carbocycles. The summed E-state index contributed by atoms with van der Waals surface area (Å²) in [5, 5.41) is 10.0. The molecule has 28 heavy (non-hydrogen) atoms. The van der Waals surface area contributed by atoms with Crippen molar-refractivity contribution in [1.82, 2.24) is 20.2 Å². The van der Waals surface area contributed by atoms with Crippen LogP contribution in [0.5, 0.6) is 0 Å². The molecule has 0 fully saturated rings. The summed E-state index contributed by atoms with van der Waals surface area (Å²) in [7, 11) is 0. The summed E-state index contributed by atoms with van der Waals surface area (Å²) in [6.45, 7) is 0. The molecule has 140 valence electrons. The first-order valence-corrected chi connectivity index (χ1v) is 11.7. The average Bonchev–Trinajstić information content (AvgIpc) is 3.16. The molecule has 0 N–H and O–H groups in total. The molecule has 0 aliphatic rings. The molecule has 9 heteroatoms. The summed E-state index contributed by atoms with van der Waals surface area (Å²) in [5.74, 6) is 0. The van der Waals surface area contributed by atoms with Crippen LogP contribution in [0.2, 0.25) is 10.0 Å². The van der Waals surface area contributed by atoms with Gasteiger partial charge in [-0.2, -0.15) is 0 Å². The molecule has 0 amide bonds. The van der Waals surface area contributed by atoms with E-state index in [1.54, 1.807) is 23.9 Å². The Hall–Kier alpha value is -1.64. The van der Waals surface area contributed by atoms with E-state index in [9.17, 15) is 0 Å². The van der Waals surface area contributed by atoms with E-state index in [1.165, 1.54) is 23.1 Å². The van der Waals surface area contributed by atoms with Crippen LogP contribution in [0.4, 0.5) is 0 Å². The van der Waals surface area contributed by atoms with Crippen molar-refractivity contribution in [3.8, 4) is 0 Å². The van der Waals surface area contributed by atoms with Crippen LogP contribution in [0.15, 0.2) is 56.2 Å². The maximum Gasteiger partial charge on any atom is 0.181 e. The number of aromatic nitrogens is 4. The van der Waals surface area contributed by atoms with E-state index in [-0.39, 0.29) is 0 Å². The van der Waals surface area contributed by atoms with Crippen LogP contribution in [-0.4, -0.2) is 26.4 Å². The van der Waals surface area contributed by atoms with Gasteiger partial charge in [-0.25, -0.2) is 9.97 Å². The van der Waals surface area contributed by atoms with Gasteiger partial charge in [-0.15, -0.1) is 10.2 Å². The fourth-order valence-electron chi connectivity index (χ4n) is 2.38. The zero-order valence-corrected chi connectivity index (χ0v) is 18.4. The lowest BCUT2D eigenvalue weighted by Gasteiger charge is -2.06. The molecule has 4 nitrogen and oxygen atoms in total. The normalized spacial score (nSPS) is 11.5. The van der Waals surface area contributed by atoms with Crippen LogP contribution < -0.4 is 0 Å². The number of nitrogens with zero attached hydrogens (tertiary/aromatic N) is 4. The number of hydrogen-bond acceptors (Lipinski definition) is 7. The fourth-order valence-corrected chi connectivity index (χ4v) is 5.10. The monoisotopic (exact) mass is 462 g/mol. The topological polar surface area (TPSA) is 51.6 Å². The molecular weight excluding hydrogens is 451 g/mol. The van der Waals surface area contributed by atoms with Gasteiger partial charge in [-0.3, -0.25) is 0 Å². The highest BCUT2D eigenvalue weighted by atomic mass is 35.5. The van der Waals surface area contributed by atoms with Crippen molar-refractivity contribution < 1.29 is 0 Å². The maximum atomic E-state index is 6.16. The number of rotatable bonds is 5. The minimum absolute atomic E-state index is 0.451. The summed E-state index contributed by atoms with van der Waals surface area (Å²) in [5.41, 5.74) is 3.19. The smallest absolute Gasteiger partial charge is 0.181 e. The Morgan fingerprint density at radius 3 is 2.25 bits per heavy atom. The first-order valence-electron chi connectivity index (χ1n) is 8.07. The summed E-state index contributed by atoms with van der Waals surface area (Å²) >= 11 is 16.9. The van der Waals surface area contributed by atoms with Gasteiger partial charge in [0.25, 0.3) is 0 Å². The Bertz CT molecular complexity index is 1160. The first kappa shape index (κ1) is 19.7. The predicted octanol–water partition coefficient (Wildman–Crippen LogP) is 6.83. The Labute approximate surface area is 184 Å². The summed E-state index contributed by atoms with van der Waals surface area (Å²) < 4.78 is 1.72. The van der Waals surface area contributed by atoms with Gasteiger partial charge in [-0.05, 0) is 41.8 Å². The minimum atomic E-state index is 0.451. The van der Waals surface area contributed by atoms with Crippen LogP contribution >= 0.6 is 58.1 Å². The average molecular weight is 463 g/mol. The third-order valence-corrected chi connectivity index (χ3v) is 7.34. The van der Waals surface area contributed by atoms with E-state index in [4.69, 9.17) is 33.2 Å². The van der Waals surface area contributed by atoms with Gasteiger partial charge in [-0.1, -0.05) is 82.7 Å². The molecule has 0 atom stereocenters. The highest BCUT2D eigenvalue weighted by Crippen LogP contribution is 2.35. The van der Waals surface area contributed by atoms with Gasteiger partial charge < -0.3 is 0 Å². The Kier molecular flexibility index (Phi) is 6.18. The number of thioether (sulfide) groups is 1. The highest BCUT2D eigenvalue weighted by molar-refractivity contribution is 8.03. The van der Waals surface area contributed by atoms with E-state index in [1.807, 2.05) is 48.7 Å². The first-order chi connectivity index (χ1) is 13.6. The molecule has 0 unspecified atom stereocenters. The summed E-state index contributed by atoms with van der Waals surface area (Å²) in [6, 6.07) is 13.5. The molecule has 2 aromatic carbocycles. The maximum absolute atomic E-state index is 6.16. The van der Waals surface area contributed by atoms with Gasteiger partial charge in [0.1, 0.15) is 5.03 Å². The molecule has 2 heterocycles. The number of hydrogen-bond donors (Lipinski definition) is 0. The molecule has 4 rings (SSSR count). The van der Waals surface area contributed by atoms with Gasteiger partial charge >= 0.3 is 0 Å². The van der Waals surface area contributed by atoms with E-state index in [0.717, 1.165) is 25.0 Å². The second kappa shape index (κ2) is 8.80. The third-order valence-electron chi connectivity index (χ3n) is 3.68. The van der Waals surface area contributed by atoms with Crippen molar-refractivity contribution in [3.63, 3.8) is 0 Å². The van der Waals surface area contributed by atoms with Crippen LogP contribution in [0, 0.1) is 0 Å². The largest absolute Gasteiger partial charge is 0.244 e. The molecule has 2 aromatic heterocycles. The van der Waals surface area contributed by atoms with Gasteiger partial charge in [0.2, 0.25) is 0 Å². The summed E-state index contributed by atoms with van der Waals surface area (Å²) in [6.07, 6.45) is 5.93.